The number of ketones is 2. The molecular formula is C24H26O2. The molecule has 0 bridgehead atoms. The first-order valence-corrected chi connectivity index (χ1v) is 9.81. The fraction of sp³-hybridized carbons (Fsp3) is 0.500. The Bertz CT molecular complexity index is 838. The lowest BCUT2D eigenvalue weighted by Gasteiger charge is -2.56. The van der Waals surface area contributed by atoms with Crippen molar-refractivity contribution in [1.29, 1.82) is 0 Å². The lowest BCUT2D eigenvalue weighted by Crippen LogP contribution is -2.51. The molecule has 3 aliphatic rings. The monoisotopic (exact) mass is 346 g/mol. The Morgan fingerprint density at radius 3 is 2.58 bits per heavy atom. The molecule has 2 nitrogen and oxygen atoms in total. The van der Waals surface area contributed by atoms with Crippen LogP contribution in [0.3, 0.4) is 0 Å². The van der Waals surface area contributed by atoms with Crippen LogP contribution in [0.5, 0.6) is 0 Å². The molecule has 1 aromatic rings. The van der Waals surface area contributed by atoms with E-state index in [2.05, 4.69) is 25.7 Å². The van der Waals surface area contributed by atoms with Gasteiger partial charge in [-0.25, -0.2) is 0 Å². The second kappa shape index (κ2) is 6.23. The smallest absolute Gasteiger partial charge is 0.155 e. The summed E-state index contributed by atoms with van der Waals surface area (Å²) in [5.74, 6) is 8.03. The normalized spacial score (nSPS) is 36.3. The van der Waals surface area contributed by atoms with Crippen LogP contribution in [0.15, 0.2) is 42.0 Å². The van der Waals surface area contributed by atoms with E-state index < -0.39 is 0 Å². The van der Waals surface area contributed by atoms with E-state index in [1.54, 1.807) is 0 Å². The topological polar surface area (TPSA) is 34.1 Å². The van der Waals surface area contributed by atoms with Gasteiger partial charge >= 0.3 is 0 Å². The van der Waals surface area contributed by atoms with E-state index in [4.69, 9.17) is 0 Å². The number of rotatable bonds is 0. The summed E-state index contributed by atoms with van der Waals surface area (Å²) in [6, 6.07) is 10.1. The van der Waals surface area contributed by atoms with Crippen LogP contribution in [0.25, 0.3) is 0 Å². The highest BCUT2D eigenvalue weighted by molar-refractivity contribution is 5.92. The largest absolute Gasteiger partial charge is 0.299 e. The Kier molecular flexibility index (Phi) is 4.14. The van der Waals surface area contributed by atoms with Crippen LogP contribution in [0.1, 0.15) is 57.9 Å². The number of hydrogen-bond donors (Lipinski definition) is 0. The fourth-order valence-electron chi connectivity index (χ4n) is 5.60. The Hall–Kier alpha value is -2.14. The van der Waals surface area contributed by atoms with Gasteiger partial charge < -0.3 is 0 Å². The standard InChI is InChI=1S/C24H26O2/c1-17-20-10-15-24(13-8-18-6-4-3-5-7-18)14-9-19(25)16-22(24)23(20,2)12-11-21(17)26/h3-7,16-17,20H,9-12,14-15H2,1-2H3. The third kappa shape index (κ3) is 2.65. The van der Waals surface area contributed by atoms with Crippen molar-refractivity contribution in [3.05, 3.63) is 47.5 Å². The Labute approximate surface area is 156 Å². The average Bonchev–Trinajstić information content (AvgIpc) is 2.65. The quantitative estimate of drug-likeness (QED) is 0.637. The molecule has 1 aromatic carbocycles. The molecule has 2 heteroatoms. The first kappa shape index (κ1) is 17.3. The molecule has 0 spiro atoms. The van der Waals surface area contributed by atoms with Gasteiger partial charge in [0.2, 0.25) is 0 Å². The van der Waals surface area contributed by atoms with Crippen LogP contribution in [-0.2, 0) is 9.59 Å². The number of hydrogen-bond acceptors (Lipinski definition) is 2. The molecule has 26 heavy (non-hydrogen) atoms. The van der Waals surface area contributed by atoms with Gasteiger partial charge in [0.15, 0.2) is 5.78 Å². The molecule has 2 fully saturated rings. The molecule has 0 aliphatic heterocycles. The lowest BCUT2D eigenvalue weighted by atomic mass is 9.47. The lowest BCUT2D eigenvalue weighted by molar-refractivity contribution is -0.131. The summed E-state index contributed by atoms with van der Waals surface area (Å²) in [5.41, 5.74) is 1.97. The minimum absolute atomic E-state index is 0.0764. The van der Waals surface area contributed by atoms with Gasteiger partial charge in [-0.15, -0.1) is 0 Å². The van der Waals surface area contributed by atoms with E-state index in [0.29, 0.717) is 24.5 Å². The van der Waals surface area contributed by atoms with Crippen molar-refractivity contribution in [1.82, 2.24) is 0 Å². The molecule has 0 saturated heterocycles. The van der Waals surface area contributed by atoms with E-state index >= 15 is 0 Å². The van der Waals surface area contributed by atoms with Gasteiger partial charge in [-0.2, -0.15) is 0 Å². The predicted octanol–water partition coefficient (Wildman–Crippen LogP) is 4.73. The number of carbonyl (C=O) groups is 2. The van der Waals surface area contributed by atoms with Crippen LogP contribution in [0, 0.1) is 34.5 Å². The van der Waals surface area contributed by atoms with Crippen molar-refractivity contribution >= 4 is 11.6 Å². The SMILES string of the molecule is CC1C(=O)CCC2(C)C3=CC(=O)CCC3(C#Cc3ccccc3)CCC12. The highest BCUT2D eigenvalue weighted by Crippen LogP contribution is 2.62. The van der Waals surface area contributed by atoms with Crippen molar-refractivity contribution in [2.75, 3.05) is 0 Å². The van der Waals surface area contributed by atoms with E-state index in [9.17, 15) is 9.59 Å². The summed E-state index contributed by atoms with van der Waals surface area (Å²) < 4.78 is 0. The number of fused-ring (bicyclic) bond motifs is 3. The van der Waals surface area contributed by atoms with Gasteiger partial charge in [0, 0.05) is 24.3 Å². The number of Topliss-reactive ketones (excluding diaryl/α,β-unsaturated/α-hetero) is 1. The Balaban J connectivity index is 1.79. The van der Waals surface area contributed by atoms with Gasteiger partial charge in [0.1, 0.15) is 5.78 Å². The molecule has 4 rings (SSSR count). The maximum atomic E-state index is 12.3. The molecule has 0 heterocycles. The first-order chi connectivity index (χ1) is 12.4. The van der Waals surface area contributed by atoms with E-state index in [0.717, 1.165) is 31.2 Å². The minimum Gasteiger partial charge on any atom is -0.299 e. The molecule has 4 unspecified atom stereocenters. The zero-order valence-electron chi connectivity index (χ0n) is 15.7. The fourth-order valence-corrected chi connectivity index (χ4v) is 5.60. The van der Waals surface area contributed by atoms with E-state index in [1.807, 2.05) is 36.4 Å². The first-order valence-electron chi connectivity index (χ1n) is 9.81. The van der Waals surface area contributed by atoms with Crippen LogP contribution in [0.4, 0.5) is 0 Å². The van der Waals surface area contributed by atoms with Gasteiger partial charge in [0.05, 0.1) is 5.41 Å². The summed E-state index contributed by atoms with van der Waals surface area (Å²) in [7, 11) is 0. The van der Waals surface area contributed by atoms with E-state index in [1.165, 1.54) is 5.57 Å². The molecule has 0 radical (unpaired) electrons. The molecule has 0 amide bonds. The molecule has 3 aliphatic carbocycles. The molecule has 0 aromatic heterocycles. The Morgan fingerprint density at radius 1 is 1.04 bits per heavy atom. The highest BCUT2D eigenvalue weighted by Gasteiger charge is 2.56. The zero-order valence-corrected chi connectivity index (χ0v) is 15.7. The van der Waals surface area contributed by atoms with E-state index in [-0.39, 0.29) is 22.5 Å². The summed E-state index contributed by atoms with van der Waals surface area (Å²) in [4.78, 5) is 24.6. The number of carbonyl (C=O) groups excluding carboxylic acids is 2. The van der Waals surface area contributed by atoms with Crippen LogP contribution >= 0.6 is 0 Å². The molecule has 4 atom stereocenters. The average molecular weight is 346 g/mol. The third-order valence-corrected chi connectivity index (χ3v) is 7.16. The predicted molar refractivity (Wildman–Crippen MR) is 102 cm³/mol. The van der Waals surface area contributed by atoms with Crippen LogP contribution in [0.2, 0.25) is 0 Å². The summed E-state index contributed by atoms with van der Waals surface area (Å²) >= 11 is 0. The van der Waals surface area contributed by atoms with Gasteiger partial charge in [-0.1, -0.05) is 43.9 Å². The van der Waals surface area contributed by atoms with Crippen molar-refractivity contribution < 1.29 is 9.59 Å². The highest BCUT2D eigenvalue weighted by atomic mass is 16.1. The second-order valence-corrected chi connectivity index (χ2v) is 8.54. The zero-order chi connectivity index (χ0) is 18.4. The molecule has 2 saturated carbocycles. The Morgan fingerprint density at radius 2 is 1.81 bits per heavy atom. The van der Waals surface area contributed by atoms with Crippen LogP contribution in [-0.4, -0.2) is 11.6 Å². The van der Waals surface area contributed by atoms with Gasteiger partial charge in [0.25, 0.3) is 0 Å². The third-order valence-electron chi connectivity index (χ3n) is 7.16. The van der Waals surface area contributed by atoms with Crippen molar-refractivity contribution in [2.24, 2.45) is 22.7 Å². The summed E-state index contributed by atoms with van der Waals surface area (Å²) in [6.07, 6.45) is 6.78. The summed E-state index contributed by atoms with van der Waals surface area (Å²) in [6.45, 7) is 4.36. The van der Waals surface area contributed by atoms with Gasteiger partial charge in [-0.3, -0.25) is 9.59 Å². The van der Waals surface area contributed by atoms with Crippen molar-refractivity contribution in [3.8, 4) is 11.8 Å². The van der Waals surface area contributed by atoms with Crippen LogP contribution < -0.4 is 0 Å². The number of benzene rings is 1. The number of allylic oxidation sites excluding steroid dienone is 2. The maximum absolute atomic E-state index is 12.3. The maximum Gasteiger partial charge on any atom is 0.155 e. The summed E-state index contributed by atoms with van der Waals surface area (Å²) in [5, 5.41) is 0. The molecular weight excluding hydrogens is 320 g/mol. The van der Waals surface area contributed by atoms with Crippen molar-refractivity contribution in [3.63, 3.8) is 0 Å². The molecule has 134 valence electrons. The molecule has 0 N–H and O–H groups in total. The second-order valence-electron chi connectivity index (χ2n) is 8.54. The van der Waals surface area contributed by atoms with Gasteiger partial charge in [-0.05, 0) is 60.8 Å². The minimum atomic E-state index is -0.199. The van der Waals surface area contributed by atoms with Crippen molar-refractivity contribution in [2.45, 2.75) is 52.4 Å².